The molecule has 0 unspecified atom stereocenters. The van der Waals surface area contributed by atoms with Crippen LogP contribution in [-0.4, -0.2) is 38.0 Å². The second-order valence-electron chi connectivity index (χ2n) is 6.82. The summed E-state index contributed by atoms with van der Waals surface area (Å²) >= 11 is 9.48. The fraction of sp³-hybridized carbons (Fsp3) is 0.227. The van der Waals surface area contributed by atoms with E-state index >= 15 is 0 Å². The van der Waals surface area contributed by atoms with Crippen LogP contribution in [0.15, 0.2) is 58.6 Å². The Kier molecular flexibility index (Phi) is 6.53. The highest BCUT2D eigenvalue weighted by Gasteiger charge is 2.25. The summed E-state index contributed by atoms with van der Waals surface area (Å²) in [4.78, 5) is 14.9. The largest absolute Gasteiger partial charge is 0.351 e. The van der Waals surface area contributed by atoms with Crippen molar-refractivity contribution in [1.29, 1.82) is 0 Å². The molecule has 3 rings (SSSR count). The van der Waals surface area contributed by atoms with Gasteiger partial charge in [-0.2, -0.15) is 0 Å². The molecule has 0 radical (unpaired) electrons. The summed E-state index contributed by atoms with van der Waals surface area (Å²) in [5.41, 5.74) is 5.02. The third-order valence-electron chi connectivity index (χ3n) is 4.46. The molecule has 2 aromatic carbocycles. The molecule has 2 aromatic rings. The molecule has 0 fully saturated rings. The molecule has 1 N–H and O–H groups in total. The monoisotopic (exact) mass is 444 g/mol. The Bertz CT molecular complexity index is 901. The average Bonchev–Trinajstić information content (AvgIpc) is 2.98. The van der Waals surface area contributed by atoms with Gasteiger partial charge in [0.05, 0.1) is 5.57 Å². The van der Waals surface area contributed by atoms with E-state index in [0.717, 1.165) is 45.3 Å². The highest BCUT2D eigenvalue weighted by Crippen LogP contribution is 2.35. The number of likely N-dealkylation sites (N-methyl/N-ethyl adjacent to an activating group) is 1. The van der Waals surface area contributed by atoms with Crippen LogP contribution in [0, 0.1) is 0 Å². The Morgan fingerprint density at radius 2 is 1.93 bits per heavy atom. The van der Waals surface area contributed by atoms with Crippen LogP contribution in [0.2, 0.25) is 5.02 Å². The Hall–Kier alpha value is -1.88. The molecule has 0 saturated heterocycles. The molecule has 0 aliphatic heterocycles. The zero-order valence-electron chi connectivity index (χ0n) is 15.4. The number of carbonyl (C=O) groups excluding carboxylic acids is 1. The van der Waals surface area contributed by atoms with Gasteiger partial charge in [-0.1, -0.05) is 57.9 Å². The summed E-state index contributed by atoms with van der Waals surface area (Å²) in [7, 11) is 3.99. The average molecular weight is 446 g/mol. The summed E-state index contributed by atoms with van der Waals surface area (Å²) < 4.78 is 1.02. The number of fused-ring (bicyclic) bond motifs is 1. The molecule has 5 heteroatoms. The molecule has 3 nitrogen and oxygen atoms in total. The zero-order valence-corrected chi connectivity index (χ0v) is 17.8. The smallest absolute Gasteiger partial charge is 0.252 e. The highest BCUT2D eigenvalue weighted by atomic mass is 79.9. The number of nitrogens with one attached hydrogen (secondary N) is 1. The first-order valence-electron chi connectivity index (χ1n) is 8.82. The molecule has 0 atom stereocenters. The Morgan fingerprint density at radius 3 is 2.63 bits per heavy atom. The van der Waals surface area contributed by atoms with Crippen molar-refractivity contribution in [1.82, 2.24) is 10.2 Å². The lowest BCUT2D eigenvalue weighted by Crippen LogP contribution is -2.31. The fourth-order valence-electron chi connectivity index (χ4n) is 3.08. The molecule has 27 heavy (non-hydrogen) atoms. The minimum absolute atomic E-state index is 0.0197. The third-order valence-corrected chi connectivity index (χ3v) is 5.20. The van der Waals surface area contributed by atoms with Crippen LogP contribution in [0.3, 0.4) is 0 Å². The van der Waals surface area contributed by atoms with Crippen molar-refractivity contribution in [3.8, 4) is 0 Å². The number of allylic oxidation sites excluding steroid dienone is 2. The lowest BCUT2D eigenvalue weighted by Gasteiger charge is -2.12. The van der Waals surface area contributed by atoms with Gasteiger partial charge in [-0.15, -0.1) is 0 Å². The van der Waals surface area contributed by atoms with Crippen molar-refractivity contribution in [3.05, 3.63) is 80.3 Å². The molecule has 1 aliphatic carbocycles. The summed E-state index contributed by atoms with van der Waals surface area (Å²) in [6.45, 7) is 1.43. The highest BCUT2D eigenvalue weighted by molar-refractivity contribution is 9.10. The number of halogens is 2. The van der Waals surface area contributed by atoms with Crippen molar-refractivity contribution >= 4 is 45.1 Å². The van der Waals surface area contributed by atoms with Gasteiger partial charge in [-0.3, -0.25) is 4.79 Å². The molecule has 0 saturated carbocycles. The number of rotatable bonds is 6. The standard InChI is InChI=1S/C22H22BrClN2O/c1-26(2)12-11-25-22(27)21-16(6-3-15-4-8-19(24)9-5-15)13-17-14-18(23)7-10-20(17)21/h3-10,14H,11-13H2,1-2H3,(H,25,27)/b6-3+. The third kappa shape index (κ3) is 5.10. The normalized spacial score (nSPS) is 13.5. The Labute approximate surface area is 173 Å². The molecular formula is C22H22BrClN2O. The lowest BCUT2D eigenvalue weighted by molar-refractivity contribution is -0.115. The van der Waals surface area contributed by atoms with Gasteiger partial charge in [0.2, 0.25) is 0 Å². The molecule has 0 bridgehead atoms. The van der Waals surface area contributed by atoms with Gasteiger partial charge in [0, 0.05) is 22.6 Å². The van der Waals surface area contributed by atoms with E-state index < -0.39 is 0 Å². The predicted octanol–water partition coefficient (Wildman–Crippen LogP) is 4.80. The summed E-state index contributed by atoms with van der Waals surface area (Å²) in [5, 5.41) is 3.76. The van der Waals surface area contributed by atoms with E-state index in [4.69, 9.17) is 11.6 Å². The fourth-order valence-corrected chi connectivity index (χ4v) is 3.62. The molecule has 0 spiro atoms. The van der Waals surface area contributed by atoms with Crippen LogP contribution in [-0.2, 0) is 11.2 Å². The van der Waals surface area contributed by atoms with Crippen LogP contribution in [0.25, 0.3) is 11.6 Å². The van der Waals surface area contributed by atoms with Crippen molar-refractivity contribution < 1.29 is 4.79 Å². The maximum absolute atomic E-state index is 12.9. The van der Waals surface area contributed by atoms with Crippen LogP contribution in [0.1, 0.15) is 16.7 Å². The molecular weight excluding hydrogens is 424 g/mol. The number of amides is 1. The van der Waals surface area contributed by atoms with Crippen LogP contribution < -0.4 is 5.32 Å². The first kappa shape index (κ1) is 19.9. The maximum Gasteiger partial charge on any atom is 0.252 e. The minimum Gasteiger partial charge on any atom is -0.351 e. The van der Waals surface area contributed by atoms with Crippen molar-refractivity contribution in [3.63, 3.8) is 0 Å². The predicted molar refractivity (Wildman–Crippen MR) is 117 cm³/mol. The van der Waals surface area contributed by atoms with Crippen LogP contribution in [0.4, 0.5) is 0 Å². The quantitative estimate of drug-likeness (QED) is 0.692. The number of hydrogen-bond acceptors (Lipinski definition) is 2. The van der Waals surface area contributed by atoms with Crippen LogP contribution >= 0.6 is 27.5 Å². The first-order valence-corrected chi connectivity index (χ1v) is 9.99. The number of nitrogens with zero attached hydrogens (tertiary/aromatic N) is 1. The number of benzene rings is 2. The van der Waals surface area contributed by atoms with Crippen molar-refractivity contribution in [2.45, 2.75) is 6.42 Å². The minimum atomic E-state index is -0.0197. The first-order chi connectivity index (χ1) is 12.9. The number of carbonyl (C=O) groups is 1. The van der Waals surface area contributed by atoms with Gasteiger partial charge in [0.15, 0.2) is 0 Å². The van der Waals surface area contributed by atoms with Gasteiger partial charge < -0.3 is 10.2 Å². The van der Waals surface area contributed by atoms with Gasteiger partial charge in [-0.05, 0) is 67.0 Å². The summed E-state index contributed by atoms with van der Waals surface area (Å²) in [6, 6.07) is 13.8. The molecule has 0 aromatic heterocycles. The van der Waals surface area contributed by atoms with E-state index in [1.807, 2.05) is 62.6 Å². The number of hydrogen-bond donors (Lipinski definition) is 1. The van der Waals surface area contributed by atoms with E-state index in [2.05, 4.69) is 32.2 Å². The topological polar surface area (TPSA) is 32.3 Å². The Morgan fingerprint density at radius 1 is 1.19 bits per heavy atom. The van der Waals surface area contributed by atoms with Crippen molar-refractivity contribution in [2.24, 2.45) is 0 Å². The molecule has 1 aliphatic rings. The zero-order chi connectivity index (χ0) is 19.4. The van der Waals surface area contributed by atoms with E-state index in [-0.39, 0.29) is 5.91 Å². The SMILES string of the molecule is CN(C)CCNC(=O)C1=C(/C=C/c2ccc(Cl)cc2)Cc2cc(Br)ccc21. The molecule has 140 valence electrons. The van der Waals surface area contributed by atoms with Gasteiger partial charge in [0.25, 0.3) is 5.91 Å². The van der Waals surface area contributed by atoms with E-state index in [9.17, 15) is 4.79 Å². The maximum atomic E-state index is 12.9. The second-order valence-corrected chi connectivity index (χ2v) is 8.17. The lowest BCUT2D eigenvalue weighted by atomic mass is 10.0. The summed E-state index contributed by atoms with van der Waals surface area (Å²) in [6.07, 6.45) is 4.81. The van der Waals surface area contributed by atoms with Crippen molar-refractivity contribution in [2.75, 3.05) is 27.2 Å². The van der Waals surface area contributed by atoms with Gasteiger partial charge >= 0.3 is 0 Å². The van der Waals surface area contributed by atoms with Gasteiger partial charge in [0.1, 0.15) is 0 Å². The van der Waals surface area contributed by atoms with E-state index in [1.165, 1.54) is 0 Å². The Balaban J connectivity index is 1.88. The van der Waals surface area contributed by atoms with Crippen LogP contribution in [0.5, 0.6) is 0 Å². The van der Waals surface area contributed by atoms with Gasteiger partial charge in [-0.25, -0.2) is 0 Å². The summed E-state index contributed by atoms with van der Waals surface area (Å²) in [5.74, 6) is -0.0197. The van der Waals surface area contributed by atoms with E-state index in [1.54, 1.807) is 0 Å². The van der Waals surface area contributed by atoms with E-state index in [0.29, 0.717) is 11.6 Å². The second kappa shape index (κ2) is 8.87. The molecule has 0 heterocycles. The molecule has 1 amide bonds.